The summed E-state index contributed by atoms with van der Waals surface area (Å²) in [7, 11) is 0. The molecule has 2 nitrogen and oxygen atoms in total. The van der Waals surface area contributed by atoms with Gasteiger partial charge >= 0.3 is 0 Å². The lowest BCUT2D eigenvalue weighted by Gasteiger charge is -2.01. The van der Waals surface area contributed by atoms with E-state index in [1.54, 1.807) is 0 Å². The highest BCUT2D eigenvalue weighted by atomic mass is 32.1. The van der Waals surface area contributed by atoms with Crippen molar-refractivity contribution < 1.29 is 0 Å². The molecule has 0 saturated heterocycles. The predicted molar refractivity (Wildman–Crippen MR) is 71.6 cm³/mol. The van der Waals surface area contributed by atoms with Crippen LogP contribution in [0.5, 0.6) is 0 Å². The number of nitrogens with one attached hydrogen (secondary N) is 2. The molecule has 0 amide bonds. The third-order valence-corrected chi connectivity index (χ3v) is 2.65. The molecule has 0 radical (unpaired) electrons. The van der Waals surface area contributed by atoms with Crippen LogP contribution in [0, 0.1) is 0 Å². The van der Waals surface area contributed by atoms with Crippen molar-refractivity contribution in [2.75, 3.05) is 6.54 Å². The highest BCUT2D eigenvalue weighted by Gasteiger charge is 2.01. The van der Waals surface area contributed by atoms with Gasteiger partial charge in [0, 0.05) is 23.6 Å². The first-order chi connectivity index (χ1) is 7.27. The first kappa shape index (κ1) is 10.5. The van der Waals surface area contributed by atoms with Crippen molar-refractivity contribution in [3.05, 3.63) is 36.0 Å². The quantitative estimate of drug-likeness (QED) is 0.564. The van der Waals surface area contributed by atoms with Crippen LogP contribution < -0.4 is 5.32 Å². The Balaban J connectivity index is 2.11. The van der Waals surface area contributed by atoms with Gasteiger partial charge in [-0.15, -0.1) is 12.6 Å². The van der Waals surface area contributed by atoms with Gasteiger partial charge in [-0.25, -0.2) is 0 Å². The molecule has 15 heavy (non-hydrogen) atoms. The van der Waals surface area contributed by atoms with E-state index in [0.717, 1.165) is 13.0 Å². The zero-order chi connectivity index (χ0) is 10.7. The first-order valence-electron chi connectivity index (χ1n) is 4.79. The predicted octanol–water partition coefficient (Wildman–Crippen LogP) is 2.51. The van der Waals surface area contributed by atoms with Crippen molar-refractivity contribution in [2.24, 2.45) is 0 Å². The number of benzene rings is 1. The molecule has 0 fully saturated rings. The molecule has 0 spiro atoms. The molecular formula is C11H12N2S2. The summed E-state index contributed by atoms with van der Waals surface area (Å²) in [5, 5.41) is 4.31. The van der Waals surface area contributed by atoms with E-state index in [1.165, 1.54) is 16.5 Å². The lowest BCUT2D eigenvalue weighted by atomic mass is 10.1. The zero-order valence-corrected chi connectivity index (χ0v) is 9.87. The number of H-pyrrole nitrogens is 1. The monoisotopic (exact) mass is 236 g/mol. The number of thiocarbonyl (C=S) groups is 1. The summed E-state index contributed by atoms with van der Waals surface area (Å²) in [5.74, 6) is 0. The van der Waals surface area contributed by atoms with E-state index in [4.69, 9.17) is 12.2 Å². The van der Waals surface area contributed by atoms with Crippen molar-refractivity contribution in [2.45, 2.75) is 6.42 Å². The van der Waals surface area contributed by atoms with E-state index in [-0.39, 0.29) is 0 Å². The van der Waals surface area contributed by atoms with Gasteiger partial charge in [-0.2, -0.15) is 0 Å². The smallest absolute Gasteiger partial charge is 0.130 e. The van der Waals surface area contributed by atoms with Crippen molar-refractivity contribution in [1.29, 1.82) is 0 Å². The van der Waals surface area contributed by atoms with Crippen LogP contribution in [-0.2, 0) is 6.42 Å². The molecule has 2 rings (SSSR count). The molecule has 0 bridgehead atoms. The maximum atomic E-state index is 4.83. The lowest BCUT2D eigenvalue weighted by molar-refractivity contribution is 0.888. The molecule has 0 atom stereocenters. The molecule has 78 valence electrons. The van der Waals surface area contributed by atoms with Gasteiger partial charge in [-0.3, -0.25) is 0 Å². The Morgan fingerprint density at radius 2 is 2.20 bits per heavy atom. The molecule has 0 saturated carbocycles. The molecule has 4 heteroatoms. The molecule has 1 aromatic carbocycles. The number of thiol groups is 1. The molecule has 1 heterocycles. The average molecular weight is 236 g/mol. The SMILES string of the molecule is S=C(S)NCCc1c[nH]c2ccccc12. The van der Waals surface area contributed by atoms with Gasteiger partial charge in [-0.05, 0) is 18.1 Å². The van der Waals surface area contributed by atoms with Crippen LogP contribution in [0.25, 0.3) is 10.9 Å². The molecular weight excluding hydrogens is 224 g/mol. The lowest BCUT2D eigenvalue weighted by Crippen LogP contribution is -2.19. The van der Waals surface area contributed by atoms with E-state index in [0.29, 0.717) is 4.32 Å². The van der Waals surface area contributed by atoms with Gasteiger partial charge in [0.1, 0.15) is 4.32 Å². The Kier molecular flexibility index (Phi) is 3.28. The molecule has 1 aromatic heterocycles. The van der Waals surface area contributed by atoms with E-state index >= 15 is 0 Å². The van der Waals surface area contributed by atoms with Crippen LogP contribution in [0.4, 0.5) is 0 Å². The van der Waals surface area contributed by atoms with Crippen LogP contribution >= 0.6 is 24.8 Å². The minimum absolute atomic E-state index is 0.551. The number of para-hydroxylation sites is 1. The summed E-state index contributed by atoms with van der Waals surface area (Å²) in [5.41, 5.74) is 2.49. The van der Waals surface area contributed by atoms with E-state index in [1.807, 2.05) is 12.3 Å². The number of aromatic amines is 1. The van der Waals surface area contributed by atoms with E-state index in [9.17, 15) is 0 Å². The molecule has 0 aliphatic heterocycles. The number of fused-ring (bicyclic) bond motifs is 1. The third kappa shape index (κ3) is 2.52. The standard InChI is InChI=1S/C11H12N2S2/c14-11(15)12-6-5-8-7-13-10-4-2-1-3-9(8)10/h1-4,7,13H,5-6H2,(H2,12,14,15). The molecule has 0 aliphatic carbocycles. The van der Waals surface area contributed by atoms with Gasteiger partial charge in [-0.1, -0.05) is 30.4 Å². The first-order valence-corrected chi connectivity index (χ1v) is 5.65. The van der Waals surface area contributed by atoms with Crippen molar-refractivity contribution in [3.8, 4) is 0 Å². The number of rotatable bonds is 3. The van der Waals surface area contributed by atoms with Crippen molar-refractivity contribution in [3.63, 3.8) is 0 Å². The summed E-state index contributed by atoms with van der Waals surface area (Å²) >= 11 is 8.85. The van der Waals surface area contributed by atoms with Gasteiger partial charge in [0.25, 0.3) is 0 Å². The van der Waals surface area contributed by atoms with Crippen LogP contribution in [0.3, 0.4) is 0 Å². The van der Waals surface area contributed by atoms with E-state index in [2.05, 4.69) is 41.1 Å². The second kappa shape index (κ2) is 4.68. The average Bonchev–Trinajstić information content (AvgIpc) is 2.62. The Labute approximate surface area is 99.5 Å². The normalized spacial score (nSPS) is 10.5. The second-order valence-electron chi connectivity index (χ2n) is 3.34. The summed E-state index contributed by atoms with van der Waals surface area (Å²) in [6.45, 7) is 0.824. The second-order valence-corrected chi connectivity index (χ2v) is 4.50. The maximum Gasteiger partial charge on any atom is 0.130 e. The Morgan fingerprint density at radius 1 is 1.40 bits per heavy atom. The fraction of sp³-hybridized carbons (Fsp3) is 0.182. The Morgan fingerprint density at radius 3 is 3.00 bits per heavy atom. The van der Waals surface area contributed by atoms with Gasteiger partial charge in [0.2, 0.25) is 0 Å². The number of aromatic nitrogens is 1. The molecule has 2 aromatic rings. The fourth-order valence-corrected chi connectivity index (χ4v) is 1.86. The number of hydrogen-bond donors (Lipinski definition) is 3. The molecule has 2 N–H and O–H groups in total. The van der Waals surface area contributed by atoms with Crippen LogP contribution in [0.15, 0.2) is 30.5 Å². The van der Waals surface area contributed by atoms with Gasteiger partial charge < -0.3 is 10.3 Å². The minimum Gasteiger partial charge on any atom is -0.371 e. The van der Waals surface area contributed by atoms with Crippen molar-refractivity contribution >= 4 is 40.1 Å². The van der Waals surface area contributed by atoms with Crippen LogP contribution in [0.1, 0.15) is 5.56 Å². The van der Waals surface area contributed by atoms with Gasteiger partial charge in [0.05, 0.1) is 0 Å². The maximum absolute atomic E-state index is 4.83. The van der Waals surface area contributed by atoms with Crippen LogP contribution in [0.2, 0.25) is 0 Å². The number of hydrogen-bond acceptors (Lipinski definition) is 1. The summed E-state index contributed by atoms with van der Waals surface area (Å²) in [6.07, 6.45) is 3.00. The van der Waals surface area contributed by atoms with Crippen molar-refractivity contribution in [1.82, 2.24) is 10.3 Å². The molecule has 0 aliphatic rings. The Bertz CT molecular complexity index is 476. The summed E-state index contributed by atoms with van der Waals surface area (Å²) in [6, 6.07) is 8.29. The topological polar surface area (TPSA) is 27.8 Å². The highest BCUT2D eigenvalue weighted by Crippen LogP contribution is 2.17. The largest absolute Gasteiger partial charge is 0.371 e. The summed E-state index contributed by atoms with van der Waals surface area (Å²) < 4.78 is 0.551. The fourth-order valence-electron chi connectivity index (χ4n) is 1.64. The molecule has 0 unspecified atom stereocenters. The third-order valence-electron chi connectivity index (χ3n) is 2.35. The highest BCUT2D eigenvalue weighted by molar-refractivity contribution is 8.11. The minimum atomic E-state index is 0.551. The van der Waals surface area contributed by atoms with Crippen LogP contribution in [-0.4, -0.2) is 15.8 Å². The summed E-state index contributed by atoms with van der Waals surface area (Å²) in [4.78, 5) is 3.25. The zero-order valence-electron chi connectivity index (χ0n) is 8.16. The van der Waals surface area contributed by atoms with Gasteiger partial charge in [0.15, 0.2) is 0 Å². The van der Waals surface area contributed by atoms with E-state index < -0.39 is 0 Å². The Hall–Kier alpha value is -1.00.